The molecule has 1 aliphatic carbocycles. The van der Waals surface area contributed by atoms with Crippen molar-refractivity contribution in [1.82, 2.24) is 9.62 Å². The molecule has 1 fully saturated rings. The molecule has 0 radical (unpaired) electrons. The summed E-state index contributed by atoms with van der Waals surface area (Å²) in [6, 6.07) is 2.02. The number of halogens is 2. The lowest BCUT2D eigenvalue weighted by molar-refractivity contribution is 0.0764. The van der Waals surface area contributed by atoms with Gasteiger partial charge in [0.25, 0.3) is 0 Å². The Morgan fingerprint density at radius 2 is 1.88 bits per heavy atom. The number of carbonyl (C=O) groups is 1. The molecule has 1 unspecified atom stereocenters. The van der Waals surface area contributed by atoms with E-state index in [1.807, 2.05) is 20.8 Å². The summed E-state index contributed by atoms with van der Waals surface area (Å²) in [7, 11) is 0. The van der Waals surface area contributed by atoms with Gasteiger partial charge in [0.05, 0.1) is 6.04 Å². The highest BCUT2D eigenvalue weighted by atomic mass is 32.2. The van der Waals surface area contributed by atoms with Crippen LogP contribution in [0.15, 0.2) is 12.1 Å². The van der Waals surface area contributed by atoms with E-state index in [0.29, 0.717) is 43.5 Å². The van der Waals surface area contributed by atoms with E-state index in [-0.39, 0.29) is 0 Å². The maximum atomic E-state index is 13.9. The number of nitrogens with one attached hydrogen (secondary N) is 1. The van der Waals surface area contributed by atoms with Crippen LogP contribution in [-0.2, 0) is 17.8 Å². The molecule has 1 aromatic rings. The minimum atomic E-state index is -1.39. The van der Waals surface area contributed by atoms with Gasteiger partial charge in [-0.15, -0.1) is 4.72 Å². The van der Waals surface area contributed by atoms with Gasteiger partial charge in [0.2, 0.25) is 0 Å². The third-order valence-electron chi connectivity index (χ3n) is 5.46. The third-order valence-corrected chi connectivity index (χ3v) is 7.02. The average Bonchev–Trinajstić information content (AvgIpc) is 2.80. The van der Waals surface area contributed by atoms with E-state index in [0.717, 1.165) is 0 Å². The fourth-order valence-electron chi connectivity index (χ4n) is 3.92. The Morgan fingerprint density at radius 3 is 2.42 bits per heavy atom. The van der Waals surface area contributed by atoms with Crippen LogP contribution in [0.1, 0.15) is 50.8 Å². The number of fused-ring (bicyclic) bond motifs is 1. The molecule has 1 aromatic carbocycles. The molecule has 5 nitrogen and oxygen atoms in total. The molecule has 144 valence electrons. The maximum absolute atomic E-state index is 13.9. The van der Waals surface area contributed by atoms with E-state index in [9.17, 15) is 23.2 Å². The first-order valence-electron chi connectivity index (χ1n) is 8.67. The van der Waals surface area contributed by atoms with Crippen molar-refractivity contribution in [3.05, 3.63) is 34.9 Å². The lowest BCUT2D eigenvalue weighted by Crippen LogP contribution is -2.50. The summed E-state index contributed by atoms with van der Waals surface area (Å²) in [5.74, 6) is -1.81. The second-order valence-corrected chi connectivity index (χ2v) is 10.2. The Hall–Kier alpha value is -1.38. The second-order valence-electron chi connectivity index (χ2n) is 8.21. The zero-order valence-electron chi connectivity index (χ0n) is 15.1. The number of piperidine rings is 1. The fraction of sp³-hybridized carbons (Fsp3) is 0.611. The number of benzene rings is 1. The topological polar surface area (TPSA) is 75.6 Å². The van der Waals surface area contributed by atoms with E-state index < -0.39 is 45.3 Å². The number of amides is 1. The number of rotatable bonds is 2. The second kappa shape index (κ2) is 6.65. The van der Waals surface area contributed by atoms with E-state index in [1.165, 1.54) is 17.0 Å². The van der Waals surface area contributed by atoms with Crippen LogP contribution in [0.5, 0.6) is 0 Å². The van der Waals surface area contributed by atoms with Gasteiger partial charge in [-0.25, -0.2) is 13.6 Å². The van der Waals surface area contributed by atoms with Crippen molar-refractivity contribution in [3.8, 4) is 0 Å². The number of hydrogen-bond acceptors (Lipinski definition) is 3. The molecular formula is C18H24F2N2O3S. The largest absolute Gasteiger partial charge is 0.598 e. The zero-order chi connectivity index (χ0) is 19.3. The molecule has 26 heavy (non-hydrogen) atoms. The van der Waals surface area contributed by atoms with Crippen LogP contribution >= 0.6 is 0 Å². The normalized spacial score (nSPS) is 23.2. The molecule has 3 rings (SSSR count). The van der Waals surface area contributed by atoms with Crippen molar-refractivity contribution in [1.29, 1.82) is 0 Å². The Morgan fingerprint density at radius 1 is 1.31 bits per heavy atom. The lowest BCUT2D eigenvalue weighted by Gasteiger charge is -2.43. The summed E-state index contributed by atoms with van der Waals surface area (Å²) >= 11 is -1.39. The number of likely N-dealkylation sites (tertiary alicyclic amines) is 1. The molecule has 0 saturated carbocycles. The minimum Gasteiger partial charge on any atom is -0.598 e. The van der Waals surface area contributed by atoms with E-state index >= 15 is 0 Å². The Balaban J connectivity index is 1.95. The summed E-state index contributed by atoms with van der Waals surface area (Å²) < 4.78 is 43.0. The van der Waals surface area contributed by atoms with Crippen LogP contribution in [0.25, 0.3) is 0 Å². The average molecular weight is 386 g/mol. The van der Waals surface area contributed by atoms with Crippen LogP contribution in [-0.4, -0.2) is 38.5 Å². The Kier molecular flexibility index (Phi) is 4.96. The van der Waals surface area contributed by atoms with E-state index in [2.05, 4.69) is 4.72 Å². The standard InChI is InChI=1S/C18H24F2N2O3S/c1-17(2,3)26(25)21-15-12-9-14(20)13(19)8-11(12)10-18(15)4-6-22(7-5-18)16(23)24/h8-9,15,21H,4-7,10H2,1-3H3,(H,23,24)/t15-,26?/m1/s1. The van der Waals surface area contributed by atoms with Gasteiger partial charge < -0.3 is 14.6 Å². The zero-order valence-corrected chi connectivity index (χ0v) is 16.0. The van der Waals surface area contributed by atoms with Crippen molar-refractivity contribution in [3.63, 3.8) is 0 Å². The quantitative estimate of drug-likeness (QED) is 0.764. The summed E-state index contributed by atoms with van der Waals surface area (Å²) in [4.78, 5) is 12.6. The molecule has 1 amide bonds. The Labute approximate surface area is 155 Å². The lowest BCUT2D eigenvalue weighted by atomic mass is 9.73. The highest BCUT2D eigenvalue weighted by Crippen LogP contribution is 2.53. The van der Waals surface area contributed by atoms with Crippen LogP contribution in [0.2, 0.25) is 0 Å². The highest BCUT2D eigenvalue weighted by Gasteiger charge is 2.51. The van der Waals surface area contributed by atoms with Crippen molar-refractivity contribution < 1.29 is 23.2 Å². The van der Waals surface area contributed by atoms with Gasteiger partial charge in [-0.2, -0.15) is 0 Å². The van der Waals surface area contributed by atoms with Gasteiger partial charge in [-0.1, -0.05) is 0 Å². The molecule has 2 N–H and O–H groups in total. The third kappa shape index (κ3) is 3.42. The Bertz CT molecular complexity index is 715. The van der Waals surface area contributed by atoms with Crippen LogP contribution < -0.4 is 4.72 Å². The fourth-order valence-corrected chi connectivity index (χ4v) is 4.86. The van der Waals surface area contributed by atoms with Crippen LogP contribution in [0.3, 0.4) is 0 Å². The van der Waals surface area contributed by atoms with Gasteiger partial charge in [-0.3, -0.25) is 0 Å². The molecular weight excluding hydrogens is 362 g/mol. The van der Waals surface area contributed by atoms with Crippen LogP contribution in [0, 0.1) is 17.0 Å². The predicted octanol–water partition coefficient (Wildman–Crippen LogP) is 3.37. The molecule has 1 spiro atoms. The van der Waals surface area contributed by atoms with Crippen molar-refractivity contribution in [2.45, 2.75) is 50.8 Å². The SMILES string of the molecule is CC(C)(C)[S+]([O-])N[C@@H]1c2cc(F)c(F)cc2CC12CCN(C(=O)O)CC2. The van der Waals surface area contributed by atoms with Gasteiger partial charge in [0, 0.05) is 29.9 Å². The molecule has 0 aromatic heterocycles. The summed E-state index contributed by atoms with van der Waals surface area (Å²) in [6.07, 6.45) is 0.661. The molecule has 2 atom stereocenters. The van der Waals surface area contributed by atoms with Crippen molar-refractivity contribution >= 4 is 17.5 Å². The molecule has 1 saturated heterocycles. The summed E-state index contributed by atoms with van der Waals surface area (Å²) in [6.45, 7) is 6.24. The summed E-state index contributed by atoms with van der Waals surface area (Å²) in [5, 5.41) is 9.20. The number of hydrogen-bond donors (Lipinski definition) is 2. The van der Waals surface area contributed by atoms with Gasteiger partial charge in [0.15, 0.2) is 11.6 Å². The van der Waals surface area contributed by atoms with Crippen molar-refractivity contribution in [2.24, 2.45) is 5.41 Å². The molecule has 1 heterocycles. The predicted molar refractivity (Wildman–Crippen MR) is 95.1 cm³/mol. The van der Waals surface area contributed by atoms with Crippen LogP contribution in [0.4, 0.5) is 13.6 Å². The molecule has 0 bridgehead atoms. The first-order chi connectivity index (χ1) is 12.0. The van der Waals surface area contributed by atoms with Gasteiger partial charge in [-0.05, 0) is 63.3 Å². The summed E-state index contributed by atoms with van der Waals surface area (Å²) in [5.41, 5.74) is 0.941. The van der Waals surface area contributed by atoms with E-state index in [1.54, 1.807) is 0 Å². The molecule has 8 heteroatoms. The van der Waals surface area contributed by atoms with Crippen molar-refractivity contribution in [2.75, 3.05) is 13.1 Å². The van der Waals surface area contributed by atoms with Gasteiger partial charge >= 0.3 is 6.09 Å². The van der Waals surface area contributed by atoms with E-state index in [4.69, 9.17) is 0 Å². The monoisotopic (exact) mass is 386 g/mol. The molecule has 2 aliphatic rings. The first kappa shape index (κ1) is 19.4. The minimum absolute atomic E-state index is 0.356. The molecule has 1 aliphatic heterocycles. The first-order valence-corrected chi connectivity index (χ1v) is 9.82. The number of carboxylic acid groups (broad SMARTS) is 1. The smallest absolute Gasteiger partial charge is 0.407 e. The van der Waals surface area contributed by atoms with Gasteiger partial charge in [0.1, 0.15) is 4.75 Å². The highest BCUT2D eigenvalue weighted by molar-refractivity contribution is 7.90. The maximum Gasteiger partial charge on any atom is 0.407 e. The number of nitrogens with zero attached hydrogens (tertiary/aromatic N) is 1.